The maximum atomic E-state index is 13.0. The molecule has 2 aromatic heterocycles. The van der Waals surface area contributed by atoms with Crippen molar-refractivity contribution in [2.75, 3.05) is 39.3 Å². The highest BCUT2D eigenvalue weighted by Crippen LogP contribution is 2.37. The lowest BCUT2D eigenvalue weighted by Gasteiger charge is -2.26. The monoisotopic (exact) mass is 530 g/mol. The van der Waals surface area contributed by atoms with E-state index in [1.54, 1.807) is 25.1 Å². The van der Waals surface area contributed by atoms with Crippen molar-refractivity contribution >= 4 is 40.7 Å². The minimum Gasteiger partial charge on any atom is -0.494 e. The summed E-state index contributed by atoms with van der Waals surface area (Å²) in [5.74, 6) is 0.166. The smallest absolute Gasteiger partial charge is 0.237 e. The molecule has 3 N–H and O–H groups in total. The number of piperazine rings is 1. The van der Waals surface area contributed by atoms with Gasteiger partial charge in [-0.25, -0.2) is 0 Å². The summed E-state index contributed by atoms with van der Waals surface area (Å²) in [5, 5.41) is 18.6. The highest BCUT2D eigenvalue weighted by molar-refractivity contribution is 6.34. The molecule has 3 heterocycles. The number of benzene rings is 2. The van der Waals surface area contributed by atoms with Crippen LogP contribution in [0.25, 0.3) is 22.0 Å². The molecule has 4 aromatic rings. The molecule has 0 atom stereocenters. The number of carbonyl (C=O) groups excluding carboxylic acids is 1. The third-order valence-electron chi connectivity index (χ3n) is 6.21. The first-order valence-corrected chi connectivity index (χ1v) is 12.1. The molecule has 2 aromatic carbocycles. The van der Waals surface area contributed by atoms with E-state index in [1.165, 1.54) is 0 Å². The summed E-state index contributed by atoms with van der Waals surface area (Å²) >= 11 is 6.56. The zero-order chi connectivity index (χ0) is 24.4. The van der Waals surface area contributed by atoms with Gasteiger partial charge in [0.2, 0.25) is 17.4 Å². The van der Waals surface area contributed by atoms with Crippen molar-refractivity contribution < 1.29 is 19.2 Å². The lowest BCUT2D eigenvalue weighted by Crippen LogP contribution is -2.43. The fourth-order valence-electron chi connectivity index (χ4n) is 4.39. The Labute approximate surface area is 220 Å². The van der Waals surface area contributed by atoms with Crippen molar-refractivity contribution in [3.63, 3.8) is 0 Å². The minimum atomic E-state index is -0.452. The van der Waals surface area contributed by atoms with Crippen molar-refractivity contribution in [2.24, 2.45) is 0 Å². The number of carbonyl (C=O) groups is 1. The van der Waals surface area contributed by atoms with Crippen molar-refractivity contribution in [2.45, 2.75) is 13.3 Å². The second kappa shape index (κ2) is 11.3. The molecule has 0 aliphatic carbocycles. The van der Waals surface area contributed by atoms with Gasteiger partial charge in [0.15, 0.2) is 0 Å². The van der Waals surface area contributed by atoms with Crippen LogP contribution in [0.4, 0.5) is 0 Å². The first kappa shape index (κ1) is 26.0. The molecule has 5 rings (SSSR count). The molecule has 0 unspecified atom stereocenters. The van der Waals surface area contributed by atoms with E-state index in [-0.39, 0.29) is 29.6 Å². The van der Waals surface area contributed by atoms with Crippen molar-refractivity contribution in [1.29, 1.82) is 0 Å². The van der Waals surface area contributed by atoms with Crippen LogP contribution in [0.1, 0.15) is 28.2 Å². The van der Waals surface area contributed by atoms with E-state index in [4.69, 9.17) is 20.9 Å². The highest BCUT2D eigenvalue weighted by atomic mass is 35.5. The van der Waals surface area contributed by atoms with Gasteiger partial charge in [-0.2, -0.15) is 0 Å². The molecule has 1 aliphatic rings. The number of aromatic hydroxyl groups is 1. The Morgan fingerprint density at radius 3 is 2.64 bits per heavy atom. The molecule has 10 heteroatoms. The molecule has 0 spiro atoms. The molecule has 0 bridgehead atoms. The van der Waals surface area contributed by atoms with Crippen LogP contribution in [0.15, 0.2) is 47.0 Å². The molecule has 0 amide bonds. The fraction of sp³-hybridized carbons (Fsp3) is 0.308. The normalized spacial score (nSPS) is 14.1. The van der Waals surface area contributed by atoms with Crippen LogP contribution in [-0.4, -0.2) is 65.3 Å². The van der Waals surface area contributed by atoms with Crippen LogP contribution in [0.5, 0.6) is 11.6 Å². The summed E-state index contributed by atoms with van der Waals surface area (Å²) in [4.78, 5) is 18.3. The molecule has 1 aliphatic heterocycles. The van der Waals surface area contributed by atoms with Gasteiger partial charge < -0.3 is 29.6 Å². The Morgan fingerprint density at radius 1 is 1.19 bits per heavy atom. The summed E-state index contributed by atoms with van der Waals surface area (Å²) in [6.45, 7) is 7.70. The average Bonchev–Trinajstić information content (AvgIpc) is 3.44. The number of nitrogens with zero attached hydrogens (tertiary/aromatic N) is 2. The number of halogens is 2. The van der Waals surface area contributed by atoms with Crippen LogP contribution in [-0.2, 0) is 0 Å². The van der Waals surface area contributed by atoms with Crippen molar-refractivity contribution in [3.8, 4) is 22.8 Å². The number of nitrogens with one attached hydrogen (secondary N) is 2. The van der Waals surface area contributed by atoms with E-state index < -0.39 is 5.78 Å². The second-order valence-corrected chi connectivity index (χ2v) is 9.11. The lowest BCUT2D eigenvalue weighted by atomic mass is 10.0. The lowest BCUT2D eigenvalue weighted by molar-refractivity contribution is 0.0999. The number of aryl methyl sites for hydroxylation is 1. The number of ether oxygens (including phenoxy) is 1. The zero-order valence-corrected chi connectivity index (χ0v) is 21.4. The third-order valence-corrected chi connectivity index (χ3v) is 6.52. The molecule has 1 fully saturated rings. The average molecular weight is 531 g/mol. The first-order chi connectivity index (χ1) is 17.0. The number of fused-ring (bicyclic) bond motifs is 1. The van der Waals surface area contributed by atoms with Crippen LogP contribution in [0, 0.1) is 6.92 Å². The first-order valence-electron chi connectivity index (χ1n) is 11.7. The van der Waals surface area contributed by atoms with Crippen LogP contribution in [0.3, 0.4) is 0 Å². The van der Waals surface area contributed by atoms with Gasteiger partial charge in [-0.3, -0.25) is 4.79 Å². The van der Waals surface area contributed by atoms with E-state index in [0.29, 0.717) is 28.2 Å². The largest absolute Gasteiger partial charge is 0.494 e. The number of aromatic nitrogens is 2. The van der Waals surface area contributed by atoms with Gasteiger partial charge in [0.05, 0.1) is 28.4 Å². The summed E-state index contributed by atoms with van der Waals surface area (Å²) < 4.78 is 11.0. The molecule has 1 saturated heterocycles. The Hall–Kier alpha value is -3.04. The number of hydrogen-bond acceptors (Lipinski definition) is 7. The van der Waals surface area contributed by atoms with Gasteiger partial charge in [0, 0.05) is 49.7 Å². The Bertz CT molecular complexity index is 1340. The van der Waals surface area contributed by atoms with E-state index in [1.807, 2.05) is 24.3 Å². The number of H-pyrrole nitrogens is 1. The molecule has 8 nitrogen and oxygen atoms in total. The Balaban J connectivity index is 0.00000304. The Kier molecular flexibility index (Phi) is 8.21. The van der Waals surface area contributed by atoms with E-state index >= 15 is 0 Å². The number of rotatable bonds is 8. The van der Waals surface area contributed by atoms with Crippen molar-refractivity contribution in [3.05, 3.63) is 64.5 Å². The van der Waals surface area contributed by atoms with Gasteiger partial charge in [-0.05, 0) is 43.2 Å². The van der Waals surface area contributed by atoms with Gasteiger partial charge in [-0.1, -0.05) is 28.9 Å². The summed E-state index contributed by atoms with van der Waals surface area (Å²) in [6, 6.07) is 12.7. The van der Waals surface area contributed by atoms with E-state index in [2.05, 4.69) is 20.4 Å². The van der Waals surface area contributed by atoms with Gasteiger partial charge in [-0.15, -0.1) is 12.4 Å². The third kappa shape index (κ3) is 5.52. The number of ketones is 1. The Morgan fingerprint density at radius 2 is 1.94 bits per heavy atom. The number of hydrogen-bond donors (Lipinski definition) is 3. The summed E-state index contributed by atoms with van der Waals surface area (Å²) in [6.07, 6.45) is 0.975. The van der Waals surface area contributed by atoms with Gasteiger partial charge in [0.1, 0.15) is 5.75 Å². The fourth-order valence-corrected chi connectivity index (χ4v) is 4.66. The van der Waals surface area contributed by atoms with Crippen LogP contribution in [0.2, 0.25) is 5.02 Å². The quantitative estimate of drug-likeness (QED) is 0.221. The van der Waals surface area contributed by atoms with Gasteiger partial charge in [0.25, 0.3) is 0 Å². The standard InChI is InChI=1S/C26H27ClN4O4.ClH/c1-16-13-23(35-30-16)25(32)24-20-14-19(21(27)15-22(20)29-26(24)33)17-3-5-18(6-4-17)34-12-2-9-31-10-7-28-8-11-31;/h3-6,13-15,28-29,33H,2,7-12H2,1H3;1H. The van der Waals surface area contributed by atoms with Crippen LogP contribution < -0.4 is 10.1 Å². The highest BCUT2D eigenvalue weighted by Gasteiger charge is 2.24. The van der Waals surface area contributed by atoms with Crippen LogP contribution >= 0.6 is 24.0 Å². The maximum absolute atomic E-state index is 13.0. The van der Waals surface area contributed by atoms with Gasteiger partial charge >= 0.3 is 0 Å². The van der Waals surface area contributed by atoms with E-state index in [9.17, 15) is 9.90 Å². The predicted octanol–water partition coefficient (Wildman–Crippen LogP) is 4.82. The van der Waals surface area contributed by atoms with Crippen molar-refractivity contribution in [1.82, 2.24) is 20.4 Å². The van der Waals surface area contributed by atoms with E-state index in [0.717, 1.165) is 56.0 Å². The predicted molar refractivity (Wildman–Crippen MR) is 142 cm³/mol. The molecule has 0 saturated carbocycles. The molecule has 190 valence electrons. The molecular formula is C26H28Cl2N4O4. The zero-order valence-electron chi connectivity index (χ0n) is 19.8. The molecular weight excluding hydrogens is 503 g/mol. The summed E-state index contributed by atoms with van der Waals surface area (Å²) in [5.41, 5.74) is 2.88. The minimum absolute atomic E-state index is 0. The SMILES string of the molecule is Cc1cc(C(=O)c2c(O)[nH]c3cc(Cl)c(-c4ccc(OCCCN5CCNCC5)cc4)cc23)on1.Cl. The summed E-state index contributed by atoms with van der Waals surface area (Å²) in [7, 11) is 0. The topological polar surface area (TPSA) is 104 Å². The number of aromatic amines is 1. The second-order valence-electron chi connectivity index (χ2n) is 8.71. The molecule has 0 radical (unpaired) electrons. The molecule has 36 heavy (non-hydrogen) atoms. The maximum Gasteiger partial charge on any atom is 0.237 e.